The van der Waals surface area contributed by atoms with Crippen LogP contribution in [0.1, 0.15) is 36.8 Å². The van der Waals surface area contributed by atoms with Gasteiger partial charge < -0.3 is 0 Å². The Labute approximate surface area is 160 Å². The van der Waals surface area contributed by atoms with Crippen molar-refractivity contribution in [2.75, 3.05) is 9.80 Å². The molecule has 0 spiro atoms. The van der Waals surface area contributed by atoms with Crippen LogP contribution in [0, 0.1) is 11.3 Å². The fourth-order valence-corrected chi connectivity index (χ4v) is 4.30. The number of hydrogen-bond donors (Lipinski definition) is 0. The average molecular weight is 385 g/mol. The maximum atomic E-state index is 13.4. The van der Waals surface area contributed by atoms with Gasteiger partial charge in [-0.25, -0.2) is 4.79 Å². The maximum Gasteiger partial charge on any atom is 0.417 e. The van der Waals surface area contributed by atoms with Crippen LogP contribution in [0.4, 0.5) is 29.3 Å². The third-order valence-electron chi connectivity index (χ3n) is 5.51. The Balaban J connectivity index is 1.79. The van der Waals surface area contributed by atoms with Gasteiger partial charge in [0.15, 0.2) is 0 Å². The van der Waals surface area contributed by atoms with Crippen LogP contribution in [0.15, 0.2) is 48.5 Å². The van der Waals surface area contributed by atoms with Gasteiger partial charge in [-0.3, -0.25) is 9.80 Å². The number of alkyl halides is 3. The van der Waals surface area contributed by atoms with Crippen molar-refractivity contribution in [1.29, 1.82) is 5.26 Å². The largest absolute Gasteiger partial charge is 0.417 e. The van der Waals surface area contributed by atoms with Crippen LogP contribution in [0.3, 0.4) is 0 Å². The molecular weight excluding hydrogens is 367 g/mol. The van der Waals surface area contributed by atoms with E-state index in [0.29, 0.717) is 0 Å². The number of carbonyl (C=O) groups excluding carboxylic acids is 1. The summed E-state index contributed by atoms with van der Waals surface area (Å²) in [4.78, 5) is 16.5. The van der Waals surface area contributed by atoms with Gasteiger partial charge in [-0.2, -0.15) is 18.4 Å². The van der Waals surface area contributed by atoms with E-state index in [4.69, 9.17) is 5.26 Å². The van der Waals surface area contributed by atoms with E-state index in [2.05, 4.69) is 0 Å². The summed E-state index contributed by atoms with van der Waals surface area (Å²) in [6, 6.07) is 13.7. The number of amides is 2. The van der Waals surface area contributed by atoms with Crippen LogP contribution in [-0.4, -0.2) is 18.1 Å². The molecule has 2 fully saturated rings. The first-order chi connectivity index (χ1) is 13.4. The number of nitriles is 1. The summed E-state index contributed by atoms with van der Waals surface area (Å²) >= 11 is 0. The molecule has 144 valence electrons. The van der Waals surface area contributed by atoms with Gasteiger partial charge in [0.05, 0.1) is 29.3 Å². The Morgan fingerprint density at radius 1 is 0.929 bits per heavy atom. The van der Waals surface area contributed by atoms with Crippen molar-refractivity contribution in [1.82, 2.24) is 0 Å². The van der Waals surface area contributed by atoms with Crippen LogP contribution < -0.4 is 9.80 Å². The van der Waals surface area contributed by atoms with Gasteiger partial charge in [-0.15, -0.1) is 0 Å². The smallest absolute Gasteiger partial charge is 0.289 e. The summed E-state index contributed by atoms with van der Waals surface area (Å²) < 4.78 is 40.2. The molecule has 0 bridgehead atoms. The molecule has 2 aromatic carbocycles. The number of rotatable bonds is 2. The van der Waals surface area contributed by atoms with E-state index in [1.165, 1.54) is 11.0 Å². The molecule has 1 heterocycles. The zero-order chi connectivity index (χ0) is 19.9. The first-order valence-corrected chi connectivity index (χ1v) is 9.20. The molecule has 0 aromatic heterocycles. The van der Waals surface area contributed by atoms with Crippen LogP contribution in [0.2, 0.25) is 0 Å². The van der Waals surface area contributed by atoms with Gasteiger partial charge in [-0.1, -0.05) is 31.0 Å². The molecule has 28 heavy (non-hydrogen) atoms. The van der Waals surface area contributed by atoms with Gasteiger partial charge in [0.1, 0.15) is 0 Å². The third-order valence-corrected chi connectivity index (χ3v) is 5.51. The number of hydrogen-bond acceptors (Lipinski definition) is 2. The number of carbonyl (C=O) groups is 1. The Kier molecular flexibility index (Phi) is 4.50. The highest BCUT2D eigenvalue weighted by Crippen LogP contribution is 2.41. The summed E-state index contributed by atoms with van der Waals surface area (Å²) in [5, 5.41) is 9.03. The van der Waals surface area contributed by atoms with E-state index in [9.17, 15) is 18.0 Å². The Hall–Kier alpha value is -3.01. The van der Waals surface area contributed by atoms with E-state index in [0.717, 1.165) is 43.5 Å². The molecule has 2 amide bonds. The van der Waals surface area contributed by atoms with Crippen LogP contribution in [0.5, 0.6) is 0 Å². The molecule has 7 heteroatoms. The predicted octanol–water partition coefficient (Wildman–Crippen LogP) is 5.33. The molecular formula is C21H18F3N3O. The molecule has 0 unspecified atom stereocenters. The molecule has 0 radical (unpaired) electrons. The molecule has 1 saturated carbocycles. The van der Waals surface area contributed by atoms with Gasteiger partial charge in [-0.05, 0) is 43.2 Å². The summed E-state index contributed by atoms with van der Waals surface area (Å²) in [5.41, 5.74) is -0.517. The minimum absolute atomic E-state index is 0.0753. The zero-order valence-electron chi connectivity index (χ0n) is 15.0. The molecule has 2 atom stereocenters. The number of halogens is 3. The summed E-state index contributed by atoms with van der Waals surface area (Å²) in [6.07, 6.45) is -1.21. The van der Waals surface area contributed by atoms with E-state index in [1.807, 2.05) is 30.3 Å². The van der Waals surface area contributed by atoms with Crippen molar-refractivity contribution in [2.45, 2.75) is 43.9 Å². The van der Waals surface area contributed by atoms with Crippen molar-refractivity contribution in [2.24, 2.45) is 0 Å². The monoisotopic (exact) mass is 385 g/mol. The van der Waals surface area contributed by atoms with Crippen LogP contribution in [0.25, 0.3) is 0 Å². The van der Waals surface area contributed by atoms with Crippen molar-refractivity contribution < 1.29 is 18.0 Å². The number of anilines is 2. The number of urea groups is 1. The number of benzene rings is 2. The lowest BCUT2D eigenvalue weighted by Gasteiger charge is -2.32. The van der Waals surface area contributed by atoms with E-state index < -0.39 is 17.3 Å². The topological polar surface area (TPSA) is 47.3 Å². The van der Waals surface area contributed by atoms with E-state index in [1.54, 1.807) is 11.0 Å². The van der Waals surface area contributed by atoms with Crippen molar-refractivity contribution >= 4 is 17.4 Å². The highest BCUT2D eigenvalue weighted by Gasteiger charge is 2.48. The number of fused-ring (bicyclic) bond motifs is 1. The van der Waals surface area contributed by atoms with Gasteiger partial charge >= 0.3 is 12.2 Å². The average Bonchev–Trinajstić information content (AvgIpc) is 2.99. The first kappa shape index (κ1) is 18.4. The van der Waals surface area contributed by atoms with Crippen LogP contribution in [-0.2, 0) is 6.18 Å². The fourth-order valence-electron chi connectivity index (χ4n) is 4.30. The fraction of sp³-hybridized carbons (Fsp3) is 0.333. The second kappa shape index (κ2) is 6.86. The number of para-hydroxylation sites is 1. The maximum absolute atomic E-state index is 13.4. The standard InChI is InChI=1S/C21H18F3N3O/c22-21(23,24)17-12-16(11-10-14(17)13-25)27-19-9-5-4-8-18(19)26(20(27)28)15-6-2-1-3-7-15/h1-3,6-7,10-12,18-19H,4-5,8-9H2/t18-,19-/m0/s1. The van der Waals surface area contributed by atoms with E-state index in [-0.39, 0.29) is 23.8 Å². The lowest BCUT2D eigenvalue weighted by atomic mass is 9.89. The van der Waals surface area contributed by atoms with E-state index >= 15 is 0 Å². The van der Waals surface area contributed by atoms with Crippen molar-refractivity contribution in [3.8, 4) is 6.07 Å². The second-order valence-corrected chi connectivity index (χ2v) is 7.12. The molecule has 0 N–H and O–H groups in total. The molecule has 1 aliphatic heterocycles. The first-order valence-electron chi connectivity index (χ1n) is 9.20. The minimum Gasteiger partial charge on any atom is -0.289 e. The zero-order valence-corrected chi connectivity index (χ0v) is 15.0. The SMILES string of the molecule is N#Cc1ccc(N2C(=O)N(c3ccccc3)[C@H]3CCCC[C@@H]32)cc1C(F)(F)F. The normalized spacial score (nSPS) is 22.1. The van der Waals surface area contributed by atoms with Crippen molar-refractivity contribution in [3.63, 3.8) is 0 Å². The second-order valence-electron chi connectivity index (χ2n) is 7.12. The minimum atomic E-state index is -4.66. The number of nitrogens with zero attached hydrogens (tertiary/aromatic N) is 3. The summed E-state index contributed by atoms with van der Waals surface area (Å²) in [6.45, 7) is 0. The van der Waals surface area contributed by atoms with Gasteiger partial charge in [0, 0.05) is 11.4 Å². The molecule has 2 aliphatic rings. The molecule has 1 aliphatic carbocycles. The predicted molar refractivity (Wildman–Crippen MR) is 99.0 cm³/mol. The highest BCUT2D eigenvalue weighted by atomic mass is 19.4. The Bertz CT molecular complexity index is 936. The summed E-state index contributed by atoms with van der Waals surface area (Å²) in [5.74, 6) is 0. The molecule has 2 aromatic rings. The van der Waals surface area contributed by atoms with Crippen molar-refractivity contribution in [3.05, 3.63) is 59.7 Å². The third kappa shape index (κ3) is 2.99. The molecule has 1 saturated heterocycles. The lowest BCUT2D eigenvalue weighted by Crippen LogP contribution is -2.40. The molecule has 4 rings (SSSR count). The van der Waals surface area contributed by atoms with Crippen LogP contribution >= 0.6 is 0 Å². The highest BCUT2D eigenvalue weighted by molar-refractivity contribution is 6.07. The summed E-state index contributed by atoms with van der Waals surface area (Å²) in [7, 11) is 0. The Morgan fingerprint density at radius 2 is 1.54 bits per heavy atom. The molecule has 4 nitrogen and oxygen atoms in total. The Morgan fingerprint density at radius 3 is 2.11 bits per heavy atom. The van der Waals surface area contributed by atoms with Gasteiger partial charge in [0.25, 0.3) is 0 Å². The lowest BCUT2D eigenvalue weighted by molar-refractivity contribution is -0.137. The van der Waals surface area contributed by atoms with Gasteiger partial charge in [0.2, 0.25) is 0 Å². The quantitative estimate of drug-likeness (QED) is 0.701.